The first-order chi connectivity index (χ1) is 8.74. The minimum absolute atomic E-state index is 0.247. The average molecular weight is 282 g/mol. The van der Waals surface area contributed by atoms with Gasteiger partial charge in [0.25, 0.3) is 0 Å². The number of nitrogens with two attached hydrogens (primary N) is 1. The number of rotatable bonds is 6. The highest BCUT2D eigenvalue weighted by Gasteiger charge is 2.23. The molecule has 0 aliphatic rings. The zero-order chi connectivity index (χ0) is 14.6. The Bertz CT molecular complexity index is 443. The molecule has 0 fully saturated rings. The SMILES string of the molecule is CC(c1cccc(Cl)c1)N(C)CCC(C)(C)C(=N)N. The van der Waals surface area contributed by atoms with Crippen molar-refractivity contribution in [2.45, 2.75) is 33.2 Å². The lowest BCUT2D eigenvalue weighted by atomic mass is 9.87. The van der Waals surface area contributed by atoms with Crippen molar-refractivity contribution in [3.8, 4) is 0 Å². The molecular weight excluding hydrogens is 258 g/mol. The van der Waals surface area contributed by atoms with Crippen molar-refractivity contribution in [2.24, 2.45) is 11.1 Å². The molecule has 0 aromatic heterocycles. The molecule has 106 valence electrons. The van der Waals surface area contributed by atoms with E-state index in [0.29, 0.717) is 6.04 Å². The molecule has 0 aliphatic heterocycles. The highest BCUT2D eigenvalue weighted by atomic mass is 35.5. The van der Waals surface area contributed by atoms with E-state index in [0.717, 1.165) is 18.0 Å². The summed E-state index contributed by atoms with van der Waals surface area (Å²) < 4.78 is 0. The molecule has 0 saturated heterocycles. The molecule has 1 rings (SSSR count). The average Bonchev–Trinajstić information content (AvgIpc) is 2.35. The van der Waals surface area contributed by atoms with Crippen LogP contribution >= 0.6 is 11.6 Å². The Kier molecular flexibility index (Phi) is 5.39. The van der Waals surface area contributed by atoms with Crippen molar-refractivity contribution >= 4 is 17.4 Å². The fraction of sp³-hybridized carbons (Fsp3) is 0.533. The third-order valence-corrected chi connectivity index (χ3v) is 4.05. The van der Waals surface area contributed by atoms with Gasteiger partial charge in [-0.1, -0.05) is 37.6 Å². The maximum Gasteiger partial charge on any atom is 0.0963 e. The quantitative estimate of drug-likeness (QED) is 0.617. The molecule has 0 amide bonds. The third kappa shape index (κ3) is 4.51. The monoisotopic (exact) mass is 281 g/mol. The van der Waals surface area contributed by atoms with Crippen molar-refractivity contribution in [1.82, 2.24) is 4.90 Å². The number of hydrogen-bond acceptors (Lipinski definition) is 2. The van der Waals surface area contributed by atoms with Crippen LogP contribution in [0.2, 0.25) is 5.02 Å². The van der Waals surface area contributed by atoms with E-state index < -0.39 is 0 Å². The molecule has 3 N–H and O–H groups in total. The predicted molar refractivity (Wildman–Crippen MR) is 82.8 cm³/mol. The van der Waals surface area contributed by atoms with Crippen molar-refractivity contribution in [3.05, 3.63) is 34.9 Å². The second kappa shape index (κ2) is 6.40. The summed E-state index contributed by atoms with van der Waals surface area (Å²) in [6, 6.07) is 8.24. The van der Waals surface area contributed by atoms with Crippen LogP contribution in [0.5, 0.6) is 0 Å². The molecule has 1 aromatic rings. The Labute approximate surface area is 121 Å². The van der Waals surface area contributed by atoms with E-state index in [1.807, 2.05) is 32.0 Å². The zero-order valence-corrected chi connectivity index (χ0v) is 13.0. The second-order valence-electron chi connectivity index (χ2n) is 5.76. The number of nitrogens with zero attached hydrogens (tertiary/aromatic N) is 1. The number of benzene rings is 1. The van der Waals surface area contributed by atoms with Crippen LogP contribution in [0.1, 0.15) is 38.8 Å². The smallest absolute Gasteiger partial charge is 0.0963 e. The minimum atomic E-state index is -0.248. The van der Waals surface area contributed by atoms with Gasteiger partial charge >= 0.3 is 0 Å². The van der Waals surface area contributed by atoms with Crippen LogP contribution in [0.4, 0.5) is 0 Å². The largest absolute Gasteiger partial charge is 0.387 e. The summed E-state index contributed by atoms with van der Waals surface area (Å²) in [6.45, 7) is 7.06. The number of amidine groups is 1. The Morgan fingerprint density at radius 1 is 1.47 bits per heavy atom. The highest BCUT2D eigenvalue weighted by Crippen LogP contribution is 2.25. The zero-order valence-electron chi connectivity index (χ0n) is 12.2. The first kappa shape index (κ1) is 16.0. The van der Waals surface area contributed by atoms with Crippen LogP contribution in [0.3, 0.4) is 0 Å². The molecule has 3 nitrogen and oxygen atoms in total. The second-order valence-corrected chi connectivity index (χ2v) is 6.20. The van der Waals surface area contributed by atoms with Gasteiger partial charge in [-0.25, -0.2) is 0 Å². The molecule has 0 aliphatic carbocycles. The van der Waals surface area contributed by atoms with Gasteiger partial charge in [-0.05, 0) is 44.6 Å². The van der Waals surface area contributed by atoms with E-state index in [4.69, 9.17) is 22.7 Å². The summed E-state index contributed by atoms with van der Waals surface area (Å²) in [5.41, 5.74) is 6.57. The number of hydrogen-bond donors (Lipinski definition) is 2. The Morgan fingerprint density at radius 3 is 2.63 bits per heavy atom. The predicted octanol–water partition coefficient (Wildman–Crippen LogP) is 3.69. The van der Waals surface area contributed by atoms with Gasteiger partial charge in [0.2, 0.25) is 0 Å². The van der Waals surface area contributed by atoms with E-state index in [1.165, 1.54) is 5.56 Å². The lowest BCUT2D eigenvalue weighted by Gasteiger charge is -2.30. The van der Waals surface area contributed by atoms with E-state index in [9.17, 15) is 0 Å². The Hall–Kier alpha value is -1.06. The third-order valence-electron chi connectivity index (χ3n) is 3.81. The molecule has 0 radical (unpaired) electrons. The highest BCUT2D eigenvalue weighted by molar-refractivity contribution is 6.30. The molecular formula is C15H24ClN3. The van der Waals surface area contributed by atoms with Gasteiger partial charge in [0.05, 0.1) is 5.84 Å². The molecule has 1 aromatic carbocycles. The first-order valence-electron chi connectivity index (χ1n) is 6.54. The van der Waals surface area contributed by atoms with Crippen LogP contribution in [0.25, 0.3) is 0 Å². The van der Waals surface area contributed by atoms with Gasteiger partial charge in [0, 0.05) is 16.5 Å². The summed E-state index contributed by atoms with van der Waals surface area (Å²) >= 11 is 6.02. The van der Waals surface area contributed by atoms with Gasteiger partial charge in [-0.15, -0.1) is 0 Å². The topological polar surface area (TPSA) is 53.1 Å². The van der Waals surface area contributed by atoms with Crippen molar-refractivity contribution < 1.29 is 0 Å². The van der Waals surface area contributed by atoms with Crippen LogP contribution in [0, 0.1) is 10.8 Å². The normalized spacial score (nSPS) is 13.6. The fourth-order valence-corrected chi connectivity index (χ4v) is 2.00. The Morgan fingerprint density at radius 2 is 2.11 bits per heavy atom. The van der Waals surface area contributed by atoms with Gasteiger partial charge < -0.3 is 5.73 Å². The van der Waals surface area contributed by atoms with Crippen LogP contribution in [0.15, 0.2) is 24.3 Å². The summed E-state index contributed by atoms with van der Waals surface area (Å²) in [6.07, 6.45) is 0.865. The van der Waals surface area contributed by atoms with Crippen molar-refractivity contribution in [2.75, 3.05) is 13.6 Å². The lowest BCUT2D eigenvalue weighted by Crippen LogP contribution is -2.35. The van der Waals surface area contributed by atoms with E-state index in [2.05, 4.69) is 24.9 Å². The van der Waals surface area contributed by atoms with E-state index in [1.54, 1.807) is 0 Å². The Balaban J connectivity index is 2.63. The number of nitrogens with one attached hydrogen (secondary N) is 1. The summed E-state index contributed by atoms with van der Waals surface area (Å²) in [5, 5.41) is 8.35. The molecule has 0 spiro atoms. The van der Waals surface area contributed by atoms with Gasteiger partial charge in [-0.3, -0.25) is 10.3 Å². The fourth-order valence-electron chi connectivity index (χ4n) is 1.81. The molecule has 0 saturated carbocycles. The molecule has 1 atom stereocenters. The van der Waals surface area contributed by atoms with Gasteiger partial charge in [0.15, 0.2) is 0 Å². The first-order valence-corrected chi connectivity index (χ1v) is 6.92. The summed E-state index contributed by atoms with van der Waals surface area (Å²) in [7, 11) is 2.09. The van der Waals surface area contributed by atoms with Crippen LogP contribution in [-0.2, 0) is 0 Å². The maximum absolute atomic E-state index is 7.58. The van der Waals surface area contributed by atoms with E-state index >= 15 is 0 Å². The van der Waals surface area contributed by atoms with Crippen molar-refractivity contribution in [3.63, 3.8) is 0 Å². The van der Waals surface area contributed by atoms with E-state index in [-0.39, 0.29) is 11.3 Å². The molecule has 19 heavy (non-hydrogen) atoms. The lowest BCUT2D eigenvalue weighted by molar-refractivity contribution is 0.234. The van der Waals surface area contributed by atoms with Gasteiger partial charge in [0.1, 0.15) is 0 Å². The summed E-state index contributed by atoms with van der Waals surface area (Å²) in [4.78, 5) is 2.26. The summed E-state index contributed by atoms with van der Waals surface area (Å²) in [5.74, 6) is 0.247. The standard InChI is InChI=1S/C15H24ClN3/c1-11(12-6-5-7-13(16)10-12)19(4)9-8-15(2,3)14(17)18/h5-7,10-11H,8-9H2,1-4H3,(H3,17,18). The maximum atomic E-state index is 7.58. The van der Waals surface area contributed by atoms with Crippen LogP contribution in [-0.4, -0.2) is 24.3 Å². The molecule has 1 unspecified atom stereocenters. The molecule has 0 heterocycles. The van der Waals surface area contributed by atoms with Crippen molar-refractivity contribution in [1.29, 1.82) is 5.41 Å². The minimum Gasteiger partial charge on any atom is -0.387 e. The number of halogens is 1. The van der Waals surface area contributed by atoms with Crippen LogP contribution < -0.4 is 5.73 Å². The van der Waals surface area contributed by atoms with Gasteiger partial charge in [-0.2, -0.15) is 0 Å². The molecule has 4 heteroatoms. The molecule has 0 bridgehead atoms.